The summed E-state index contributed by atoms with van der Waals surface area (Å²) in [5, 5.41) is 4.73. The maximum Gasteiger partial charge on any atom is 0.243 e. The van der Waals surface area contributed by atoms with Gasteiger partial charge in [-0.2, -0.15) is 0 Å². The Kier molecular flexibility index (Phi) is 5.80. The molecule has 2 rings (SSSR count). The Morgan fingerprint density at radius 2 is 1.70 bits per heavy atom. The van der Waals surface area contributed by atoms with Crippen LogP contribution in [0.4, 0.5) is 14.5 Å². The van der Waals surface area contributed by atoms with Crippen LogP contribution in [-0.4, -0.2) is 18.4 Å². The third kappa shape index (κ3) is 5.50. The highest BCUT2D eigenvalue weighted by atomic mass is 19.1. The summed E-state index contributed by atoms with van der Waals surface area (Å²) in [6.07, 6.45) is 0.823. The van der Waals surface area contributed by atoms with Gasteiger partial charge in [-0.25, -0.2) is 8.78 Å². The van der Waals surface area contributed by atoms with Gasteiger partial charge in [0, 0.05) is 12.5 Å². The monoisotopic (exact) mass is 318 g/mol. The van der Waals surface area contributed by atoms with Gasteiger partial charge in [-0.05, 0) is 24.1 Å². The molecular weight excluding hydrogens is 302 g/mol. The van der Waals surface area contributed by atoms with Gasteiger partial charge in [0.15, 0.2) is 0 Å². The zero-order valence-corrected chi connectivity index (χ0v) is 12.3. The minimum Gasteiger partial charge on any atom is -0.347 e. The number of hydrogen-bond donors (Lipinski definition) is 2. The van der Waals surface area contributed by atoms with Crippen LogP contribution in [0.3, 0.4) is 0 Å². The first kappa shape index (κ1) is 16.6. The number of hydrogen-bond acceptors (Lipinski definition) is 2. The fraction of sp³-hybridized carbons (Fsp3) is 0.176. The number of benzene rings is 2. The molecule has 2 N–H and O–H groups in total. The molecule has 4 nitrogen and oxygen atoms in total. The lowest BCUT2D eigenvalue weighted by atomic mass is 10.1. The molecule has 0 fully saturated rings. The number of halogens is 2. The summed E-state index contributed by atoms with van der Waals surface area (Å²) in [6, 6.07) is 12.3. The van der Waals surface area contributed by atoms with E-state index in [2.05, 4.69) is 10.6 Å². The number of anilines is 1. The highest BCUT2D eigenvalue weighted by Gasteiger charge is 2.09. The number of carbonyl (C=O) groups is 2. The van der Waals surface area contributed by atoms with Crippen molar-refractivity contribution in [3.63, 3.8) is 0 Å². The van der Waals surface area contributed by atoms with Gasteiger partial charge in [-0.15, -0.1) is 0 Å². The van der Waals surface area contributed by atoms with Crippen molar-refractivity contribution in [3.8, 4) is 0 Å². The average molecular weight is 318 g/mol. The van der Waals surface area contributed by atoms with Crippen LogP contribution >= 0.6 is 0 Å². The Hall–Kier alpha value is -2.76. The van der Waals surface area contributed by atoms with Crippen molar-refractivity contribution in [2.75, 3.05) is 11.9 Å². The predicted octanol–water partition coefficient (Wildman–Crippen LogP) is 2.65. The molecule has 120 valence electrons. The molecule has 2 aromatic carbocycles. The maximum absolute atomic E-state index is 13.4. The molecule has 0 saturated heterocycles. The van der Waals surface area contributed by atoms with E-state index in [4.69, 9.17) is 0 Å². The van der Waals surface area contributed by atoms with E-state index in [9.17, 15) is 18.4 Å². The van der Waals surface area contributed by atoms with Gasteiger partial charge in [-0.3, -0.25) is 9.59 Å². The van der Waals surface area contributed by atoms with Crippen LogP contribution in [-0.2, 0) is 16.0 Å². The quantitative estimate of drug-likeness (QED) is 0.860. The van der Waals surface area contributed by atoms with Crippen molar-refractivity contribution in [2.45, 2.75) is 12.8 Å². The Bertz CT molecular complexity index is 690. The molecule has 6 heteroatoms. The minimum absolute atomic E-state index is 0.130. The van der Waals surface area contributed by atoms with E-state index in [0.29, 0.717) is 12.5 Å². The van der Waals surface area contributed by atoms with Crippen molar-refractivity contribution < 1.29 is 18.4 Å². The smallest absolute Gasteiger partial charge is 0.243 e. The van der Waals surface area contributed by atoms with Crippen molar-refractivity contribution in [1.29, 1.82) is 0 Å². The Balaban J connectivity index is 1.74. The predicted molar refractivity (Wildman–Crippen MR) is 82.8 cm³/mol. The SMILES string of the molecule is O=C(CCc1ccccc1)NCC(=O)Nc1ccc(F)cc1F. The van der Waals surface area contributed by atoms with E-state index in [0.717, 1.165) is 17.7 Å². The van der Waals surface area contributed by atoms with Crippen LogP contribution in [0.15, 0.2) is 48.5 Å². The lowest BCUT2D eigenvalue weighted by Gasteiger charge is -2.08. The second kappa shape index (κ2) is 8.03. The van der Waals surface area contributed by atoms with Crippen LogP contribution < -0.4 is 10.6 Å². The number of aryl methyl sites for hydroxylation is 1. The standard InChI is InChI=1S/C17H16F2N2O2/c18-13-7-8-15(14(19)10-13)21-17(23)11-20-16(22)9-6-12-4-2-1-3-5-12/h1-5,7-8,10H,6,9,11H2,(H,20,22)(H,21,23). The van der Waals surface area contributed by atoms with Crippen molar-refractivity contribution in [3.05, 3.63) is 65.7 Å². The molecule has 2 aromatic rings. The number of rotatable bonds is 6. The summed E-state index contributed by atoms with van der Waals surface area (Å²) in [6.45, 7) is -0.273. The van der Waals surface area contributed by atoms with E-state index in [1.54, 1.807) is 0 Å². The highest BCUT2D eigenvalue weighted by Crippen LogP contribution is 2.14. The molecule has 0 atom stereocenters. The number of nitrogens with one attached hydrogen (secondary N) is 2. The molecule has 0 unspecified atom stereocenters. The van der Waals surface area contributed by atoms with E-state index in [1.807, 2.05) is 30.3 Å². The topological polar surface area (TPSA) is 58.2 Å². The lowest BCUT2D eigenvalue weighted by Crippen LogP contribution is -2.33. The summed E-state index contributed by atoms with van der Waals surface area (Å²) in [7, 11) is 0. The maximum atomic E-state index is 13.4. The van der Waals surface area contributed by atoms with Gasteiger partial charge in [0.1, 0.15) is 11.6 Å². The van der Waals surface area contributed by atoms with Gasteiger partial charge in [0.2, 0.25) is 11.8 Å². The number of carbonyl (C=O) groups excluding carboxylic acids is 2. The molecular formula is C17H16F2N2O2. The highest BCUT2D eigenvalue weighted by molar-refractivity contribution is 5.94. The van der Waals surface area contributed by atoms with Crippen molar-refractivity contribution in [1.82, 2.24) is 5.32 Å². The molecule has 0 spiro atoms. The van der Waals surface area contributed by atoms with E-state index in [1.165, 1.54) is 0 Å². The van der Waals surface area contributed by atoms with E-state index in [-0.39, 0.29) is 24.6 Å². The van der Waals surface area contributed by atoms with Gasteiger partial charge in [0.05, 0.1) is 12.2 Å². The Labute approximate surface area is 132 Å². The van der Waals surface area contributed by atoms with E-state index < -0.39 is 17.5 Å². The summed E-state index contributed by atoms with van der Waals surface area (Å²) < 4.78 is 26.1. The van der Waals surface area contributed by atoms with Crippen LogP contribution in [0, 0.1) is 11.6 Å². The second-order valence-corrected chi connectivity index (χ2v) is 4.93. The first-order valence-corrected chi connectivity index (χ1v) is 7.10. The fourth-order valence-corrected chi connectivity index (χ4v) is 1.96. The van der Waals surface area contributed by atoms with Gasteiger partial charge < -0.3 is 10.6 Å². The average Bonchev–Trinajstić information content (AvgIpc) is 2.54. The summed E-state index contributed by atoms with van der Waals surface area (Å²) in [5.41, 5.74) is 0.899. The molecule has 0 aliphatic heterocycles. The minimum atomic E-state index is -0.867. The van der Waals surface area contributed by atoms with Gasteiger partial charge in [-0.1, -0.05) is 30.3 Å². The largest absolute Gasteiger partial charge is 0.347 e. The molecule has 2 amide bonds. The first-order valence-electron chi connectivity index (χ1n) is 7.10. The van der Waals surface area contributed by atoms with Crippen molar-refractivity contribution in [2.24, 2.45) is 0 Å². The first-order chi connectivity index (χ1) is 11.0. The summed E-state index contributed by atoms with van der Waals surface area (Å²) in [5.74, 6) is -2.45. The molecule has 0 bridgehead atoms. The molecule has 0 heterocycles. The molecule has 0 radical (unpaired) electrons. The number of amides is 2. The molecule has 0 aliphatic carbocycles. The molecule has 0 saturated carbocycles. The Morgan fingerprint density at radius 1 is 0.957 bits per heavy atom. The van der Waals surface area contributed by atoms with Crippen molar-refractivity contribution >= 4 is 17.5 Å². The van der Waals surface area contributed by atoms with Crippen LogP contribution in [0.25, 0.3) is 0 Å². The molecule has 23 heavy (non-hydrogen) atoms. The zero-order chi connectivity index (χ0) is 16.7. The molecule has 0 aliphatic rings. The zero-order valence-electron chi connectivity index (χ0n) is 12.3. The van der Waals surface area contributed by atoms with Gasteiger partial charge >= 0.3 is 0 Å². The third-order valence-corrected chi connectivity index (χ3v) is 3.13. The second-order valence-electron chi connectivity index (χ2n) is 4.93. The summed E-state index contributed by atoms with van der Waals surface area (Å²) >= 11 is 0. The lowest BCUT2D eigenvalue weighted by molar-refractivity contribution is -0.124. The van der Waals surface area contributed by atoms with Crippen LogP contribution in [0.1, 0.15) is 12.0 Å². The van der Waals surface area contributed by atoms with Crippen LogP contribution in [0.2, 0.25) is 0 Å². The van der Waals surface area contributed by atoms with Gasteiger partial charge in [0.25, 0.3) is 0 Å². The Morgan fingerprint density at radius 3 is 2.39 bits per heavy atom. The van der Waals surface area contributed by atoms with E-state index >= 15 is 0 Å². The normalized spacial score (nSPS) is 10.2. The summed E-state index contributed by atoms with van der Waals surface area (Å²) in [4.78, 5) is 23.3. The fourth-order valence-electron chi connectivity index (χ4n) is 1.96. The van der Waals surface area contributed by atoms with Crippen LogP contribution in [0.5, 0.6) is 0 Å². The molecule has 0 aromatic heterocycles. The third-order valence-electron chi connectivity index (χ3n) is 3.13.